The van der Waals surface area contributed by atoms with E-state index >= 15 is 0 Å². The summed E-state index contributed by atoms with van der Waals surface area (Å²) in [4.78, 5) is 13.1. The van der Waals surface area contributed by atoms with E-state index < -0.39 is 49.5 Å². The summed E-state index contributed by atoms with van der Waals surface area (Å²) in [7, 11) is 0. The van der Waals surface area contributed by atoms with Gasteiger partial charge in [0.1, 0.15) is 24.4 Å². The number of nitrogens with one attached hydrogen (secondary N) is 1. The molecule has 1 aliphatic heterocycles. The van der Waals surface area contributed by atoms with Gasteiger partial charge in [0.05, 0.1) is 25.4 Å². The van der Waals surface area contributed by atoms with Crippen LogP contribution in [0.2, 0.25) is 0 Å². The average molecular weight is 1030 g/mol. The lowest BCUT2D eigenvalue weighted by Gasteiger charge is -2.40. The predicted molar refractivity (Wildman–Crippen MR) is 309 cm³/mol. The monoisotopic (exact) mass is 1030 g/mol. The van der Waals surface area contributed by atoms with Crippen LogP contribution in [0.4, 0.5) is 0 Å². The van der Waals surface area contributed by atoms with Crippen molar-refractivity contribution < 1.29 is 39.8 Å². The SMILES string of the molecule is CCCCCCCCCCCCCC/C=C\CCCCCCCCCCCCCCCC(=O)NC(COC1OC(CO)C(O)C(O)C1O)C(O)/C=C/CCCCCCCCCCCCCCCCCCCCC. The fourth-order valence-corrected chi connectivity index (χ4v) is 10.4. The highest BCUT2D eigenvalue weighted by atomic mass is 16.7. The van der Waals surface area contributed by atoms with Crippen molar-refractivity contribution >= 4 is 5.91 Å². The number of hydrogen-bond acceptors (Lipinski definition) is 8. The molecule has 1 amide bonds. The van der Waals surface area contributed by atoms with E-state index in [0.29, 0.717) is 6.42 Å². The predicted octanol–water partition coefficient (Wildman–Crippen LogP) is 16.5. The molecule has 1 rings (SSSR count). The van der Waals surface area contributed by atoms with Gasteiger partial charge in [-0.3, -0.25) is 4.79 Å². The molecule has 9 heteroatoms. The smallest absolute Gasteiger partial charge is 0.220 e. The molecule has 6 N–H and O–H groups in total. The van der Waals surface area contributed by atoms with Crippen molar-refractivity contribution in [2.75, 3.05) is 13.2 Å². The number of hydrogen-bond donors (Lipinski definition) is 6. The second kappa shape index (κ2) is 54.0. The van der Waals surface area contributed by atoms with Crippen LogP contribution in [0.1, 0.15) is 322 Å². The fourth-order valence-electron chi connectivity index (χ4n) is 10.4. The van der Waals surface area contributed by atoms with Crippen LogP contribution in [0.15, 0.2) is 24.3 Å². The normalized spacial score (nSPS) is 19.1. The van der Waals surface area contributed by atoms with Crippen LogP contribution >= 0.6 is 0 Å². The number of rotatable bonds is 56. The summed E-state index contributed by atoms with van der Waals surface area (Å²) in [6, 6.07) is -0.804. The number of allylic oxidation sites excluding steroid dienone is 3. The van der Waals surface area contributed by atoms with E-state index in [2.05, 4.69) is 31.3 Å². The lowest BCUT2D eigenvalue weighted by atomic mass is 9.99. The van der Waals surface area contributed by atoms with E-state index in [9.17, 15) is 30.3 Å². The maximum Gasteiger partial charge on any atom is 0.220 e. The number of aliphatic hydroxyl groups excluding tert-OH is 5. The van der Waals surface area contributed by atoms with E-state index in [1.54, 1.807) is 6.08 Å². The molecule has 0 aromatic rings. The Kier molecular flexibility index (Phi) is 51.6. The Hall–Kier alpha value is -1.33. The zero-order valence-electron chi connectivity index (χ0n) is 48.2. The van der Waals surface area contributed by atoms with Crippen LogP contribution in [-0.4, -0.2) is 87.5 Å². The summed E-state index contributed by atoms with van der Waals surface area (Å²) in [5.74, 6) is -0.171. The number of carbonyl (C=O) groups is 1. The van der Waals surface area contributed by atoms with Gasteiger partial charge in [0, 0.05) is 6.42 Å². The van der Waals surface area contributed by atoms with Gasteiger partial charge in [0.25, 0.3) is 0 Å². The van der Waals surface area contributed by atoms with Crippen LogP contribution in [0.25, 0.3) is 0 Å². The Labute approximate surface area is 451 Å². The Balaban J connectivity index is 2.16. The minimum absolute atomic E-state index is 0.171. The third-order valence-corrected chi connectivity index (χ3v) is 15.5. The molecule has 432 valence electrons. The van der Waals surface area contributed by atoms with Crippen LogP contribution in [0, 0.1) is 0 Å². The van der Waals surface area contributed by atoms with Crippen molar-refractivity contribution in [1.82, 2.24) is 5.32 Å². The van der Waals surface area contributed by atoms with Crippen molar-refractivity contribution in [3.8, 4) is 0 Å². The summed E-state index contributed by atoms with van der Waals surface area (Å²) >= 11 is 0. The van der Waals surface area contributed by atoms with Crippen molar-refractivity contribution in [3.63, 3.8) is 0 Å². The van der Waals surface area contributed by atoms with Gasteiger partial charge < -0.3 is 40.3 Å². The van der Waals surface area contributed by atoms with Crippen molar-refractivity contribution in [1.29, 1.82) is 0 Å². The number of carbonyl (C=O) groups excluding carboxylic acids is 1. The first-order valence-electron chi connectivity index (χ1n) is 32.1. The van der Waals surface area contributed by atoms with Crippen molar-refractivity contribution in [2.45, 2.75) is 365 Å². The lowest BCUT2D eigenvalue weighted by molar-refractivity contribution is -0.302. The first-order chi connectivity index (χ1) is 35.8. The molecule has 7 unspecified atom stereocenters. The molecule has 1 aliphatic rings. The molecule has 0 bridgehead atoms. The molecule has 1 heterocycles. The zero-order chi connectivity index (χ0) is 52.9. The largest absolute Gasteiger partial charge is 0.394 e. The highest BCUT2D eigenvalue weighted by Gasteiger charge is 2.44. The topological polar surface area (TPSA) is 149 Å². The molecule has 0 aromatic heterocycles. The molecule has 1 saturated heterocycles. The minimum atomic E-state index is -1.57. The van der Waals surface area contributed by atoms with Crippen LogP contribution in [0.3, 0.4) is 0 Å². The summed E-state index contributed by atoms with van der Waals surface area (Å²) in [6.45, 7) is 3.83. The van der Waals surface area contributed by atoms with Gasteiger partial charge in [-0.25, -0.2) is 0 Å². The van der Waals surface area contributed by atoms with Gasteiger partial charge in [-0.1, -0.05) is 295 Å². The quantitative estimate of drug-likeness (QED) is 0.0261. The van der Waals surface area contributed by atoms with Crippen LogP contribution in [-0.2, 0) is 14.3 Å². The van der Waals surface area contributed by atoms with Gasteiger partial charge in [0.15, 0.2) is 6.29 Å². The maximum absolute atomic E-state index is 13.1. The molecular formula is C64H123NO8. The molecule has 7 atom stereocenters. The fraction of sp³-hybridized carbons (Fsp3) is 0.922. The Morgan fingerprint density at radius 1 is 0.452 bits per heavy atom. The number of amides is 1. The van der Waals surface area contributed by atoms with E-state index in [0.717, 1.165) is 38.5 Å². The van der Waals surface area contributed by atoms with Crippen LogP contribution < -0.4 is 5.32 Å². The van der Waals surface area contributed by atoms with Crippen molar-refractivity contribution in [2.24, 2.45) is 0 Å². The second-order valence-electron chi connectivity index (χ2n) is 22.6. The molecular weight excluding hydrogens is 911 g/mol. The summed E-state index contributed by atoms with van der Waals surface area (Å²) in [5, 5.41) is 54.6. The Morgan fingerprint density at radius 3 is 1.11 bits per heavy atom. The van der Waals surface area contributed by atoms with Gasteiger partial charge in [-0.2, -0.15) is 0 Å². The van der Waals surface area contributed by atoms with E-state index in [1.165, 1.54) is 263 Å². The lowest BCUT2D eigenvalue weighted by Crippen LogP contribution is -2.60. The number of aliphatic hydroxyl groups is 5. The van der Waals surface area contributed by atoms with E-state index in [1.807, 2.05) is 6.08 Å². The van der Waals surface area contributed by atoms with Gasteiger partial charge in [-0.15, -0.1) is 0 Å². The van der Waals surface area contributed by atoms with Crippen LogP contribution in [0.5, 0.6) is 0 Å². The maximum atomic E-state index is 13.1. The minimum Gasteiger partial charge on any atom is -0.394 e. The molecule has 0 saturated carbocycles. The van der Waals surface area contributed by atoms with Gasteiger partial charge in [0.2, 0.25) is 5.91 Å². The van der Waals surface area contributed by atoms with E-state index in [-0.39, 0.29) is 12.5 Å². The third-order valence-electron chi connectivity index (χ3n) is 15.5. The standard InChI is InChI=1S/C64H123NO8/c1-3-5-7-9-11-13-15-17-19-21-23-25-26-27-28-29-30-31-32-34-36-38-40-42-44-46-48-50-52-54-60(68)65-57(56-72-64-63(71)62(70)61(69)59(55-66)73-64)58(67)53-51-49-47-45-43-41-39-37-35-33-24-22-20-18-16-14-12-10-8-6-4-2/h27-28,51,53,57-59,61-64,66-67,69-71H,3-26,29-50,52,54-56H2,1-2H3,(H,65,68)/b28-27-,53-51+. The Morgan fingerprint density at radius 2 is 0.767 bits per heavy atom. The first kappa shape index (κ1) is 69.7. The molecule has 0 radical (unpaired) electrons. The molecule has 0 spiro atoms. The molecule has 0 aliphatic carbocycles. The molecule has 1 fully saturated rings. The third kappa shape index (κ3) is 43.4. The average Bonchev–Trinajstić information content (AvgIpc) is 3.39. The Bertz CT molecular complexity index is 1200. The number of ether oxygens (including phenoxy) is 2. The first-order valence-corrected chi connectivity index (χ1v) is 32.1. The van der Waals surface area contributed by atoms with E-state index in [4.69, 9.17) is 9.47 Å². The summed E-state index contributed by atoms with van der Waals surface area (Å²) in [6.07, 6.45) is 62.6. The summed E-state index contributed by atoms with van der Waals surface area (Å²) in [5.41, 5.74) is 0. The molecule has 0 aromatic carbocycles. The molecule has 73 heavy (non-hydrogen) atoms. The highest BCUT2D eigenvalue weighted by Crippen LogP contribution is 2.23. The molecule has 9 nitrogen and oxygen atoms in total. The zero-order valence-corrected chi connectivity index (χ0v) is 48.2. The van der Waals surface area contributed by atoms with Gasteiger partial charge >= 0.3 is 0 Å². The summed E-state index contributed by atoms with van der Waals surface area (Å²) < 4.78 is 11.3. The van der Waals surface area contributed by atoms with Crippen molar-refractivity contribution in [3.05, 3.63) is 24.3 Å². The second-order valence-corrected chi connectivity index (χ2v) is 22.6. The highest BCUT2D eigenvalue weighted by molar-refractivity contribution is 5.76. The number of unbranched alkanes of at least 4 members (excludes halogenated alkanes) is 44. The van der Waals surface area contributed by atoms with Gasteiger partial charge in [-0.05, 0) is 44.9 Å².